The van der Waals surface area contributed by atoms with Crippen molar-refractivity contribution in [2.45, 2.75) is 46.0 Å². The molecule has 230 valence electrons. The molecule has 1 amide bonds. The highest BCUT2D eigenvalue weighted by molar-refractivity contribution is 6.30. The van der Waals surface area contributed by atoms with Crippen LogP contribution in [0.2, 0.25) is 5.02 Å². The van der Waals surface area contributed by atoms with Crippen LogP contribution in [0.5, 0.6) is 17.2 Å². The molecular weight excluding hydrogens is 589 g/mol. The average molecular weight is 621 g/mol. The summed E-state index contributed by atoms with van der Waals surface area (Å²) < 4.78 is 54.1. The van der Waals surface area contributed by atoms with Crippen molar-refractivity contribution >= 4 is 34.9 Å². The van der Waals surface area contributed by atoms with Crippen LogP contribution in [-0.4, -0.2) is 43.6 Å². The highest BCUT2D eigenvalue weighted by atomic mass is 35.5. The molecule has 12 heteroatoms. The lowest BCUT2D eigenvalue weighted by Gasteiger charge is -2.27. The first-order chi connectivity index (χ1) is 20.2. The monoisotopic (exact) mass is 620 g/mol. The number of anilines is 2. The molecule has 1 heterocycles. The minimum atomic E-state index is -4.87. The Morgan fingerprint density at radius 1 is 1.05 bits per heavy atom. The topological polar surface area (TPSA) is 97.3 Å². The molecule has 4 rings (SSSR count). The molecule has 8 nitrogen and oxygen atoms in total. The number of nitrogens with zero attached hydrogens (tertiary/aromatic N) is 1. The van der Waals surface area contributed by atoms with E-state index >= 15 is 0 Å². The number of aliphatic carboxylic acids is 1. The molecule has 3 aromatic rings. The highest BCUT2D eigenvalue weighted by Gasteiger charge is 2.35. The van der Waals surface area contributed by atoms with Gasteiger partial charge < -0.3 is 29.5 Å². The van der Waals surface area contributed by atoms with Gasteiger partial charge in [-0.05, 0) is 68.5 Å². The molecule has 1 atom stereocenters. The molecule has 1 aliphatic rings. The Morgan fingerprint density at radius 3 is 2.42 bits per heavy atom. The van der Waals surface area contributed by atoms with Crippen LogP contribution in [0.15, 0.2) is 54.6 Å². The van der Waals surface area contributed by atoms with E-state index in [2.05, 4.69) is 10.1 Å². The molecular formula is C31H32ClF3N2O6. The Labute approximate surface area is 252 Å². The van der Waals surface area contributed by atoms with Gasteiger partial charge in [-0.3, -0.25) is 9.59 Å². The quantitative estimate of drug-likeness (QED) is 0.234. The van der Waals surface area contributed by atoms with Gasteiger partial charge in [0.1, 0.15) is 23.3 Å². The van der Waals surface area contributed by atoms with Crippen LogP contribution in [0, 0.1) is 12.3 Å². The first-order valence-corrected chi connectivity index (χ1v) is 13.8. The van der Waals surface area contributed by atoms with Crippen LogP contribution in [0.3, 0.4) is 0 Å². The third-order valence-corrected chi connectivity index (χ3v) is 7.48. The molecule has 1 aliphatic heterocycles. The molecule has 1 unspecified atom stereocenters. The van der Waals surface area contributed by atoms with Crippen molar-refractivity contribution < 1.29 is 42.1 Å². The largest absolute Gasteiger partial charge is 0.573 e. The molecule has 43 heavy (non-hydrogen) atoms. The zero-order chi connectivity index (χ0) is 31.5. The molecule has 0 saturated carbocycles. The molecule has 0 aromatic heterocycles. The van der Waals surface area contributed by atoms with Gasteiger partial charge in [-0.1, -0.05) is 23.7 Å². The van der Waals surface area contributed by atoms with Crippen molar-refractivity contribution in [1.82, 2.24) is 0 Å². The first kappa shape index (κ1) is 31.8. The van der Waals surface area contributed by atoms with E-state index in [1.165, 1.54) is 30.2 Å². The lowest BCUT2D eigenvalue weighted by atomic mass is 9.90. The van der Waals surface area contributed by atoms with Gasteiger partial charge in [-0.2, -0.15) is 0 Å². The number of hydrogen-bond acceptors (Lipinski definition) is 6. The third-order valence-electron chi connectivity index (χ3n) is 7.24. The summed E-state index contributed by atoms with van der Waals surface area (Å²) in [5.74, 6) is -0.940. The highest BCUT2D eigenvalue weighted by Crippen LogP contribution is 2.38. The Kier molecular flexibility index (Phi) is 9.34. The minimum absolute atomic E-state index is 0.122. The van der Waals surface area contributed by atoms with Gasteiger partial charge in [-0.25, -0.2) is 0 Å². The van der Waals surface area contributed by atoms with Gasteiger partial charge in [0.15, 0.2) is 0 Å². The number of carboxylic acids is 1. The van der Waals surface area contributed by atoms with Crippen molar-refractivity contribution in [3.63, 3.8) is 0 Å². The predicted octanol–water partition coefficient (Wildman–Crippen LogP) is 7.18. The van der Waals surface area contributed by atoms with Gasteiger partial charge in [0.2, 0.25) is 0 Å². The molecule has 0 fully saturated rings. The number of fused-ring (bicyclic) bond motifs is 1. The van der Waals surface area contributed by atoms with Crippen LogP contribution in [0.25, 0.3) is 0 Å². The van der Waals surface area contributed by atoms with Crippen LogP contribution >= 0.6 is 11.6 Å². The van der Waals surface area contributed by atoms with E-state index in [-0.39, 0.29) is 19.6 Å². The number of hydrogen-bond donors (Lipinski definition) is 2. The number of carbonyl (C=O) groups excluding carboxylic acids is 1. The number of carbonyl (C=O) groups is 2. The minimum Gasteiger partial charge on any atom is -0.497 e. The Hall–Kier alpha value is -4.12. The van der Waals surface area contributed by atoms with Gasteiger partial charge >= 0.3 is 12.3 Å². The summed E-state index contributed by atoms with van der Waals surface area (Å²) in [6, 6.07) is 13.1. The molecule has 0 saturated heterocycles. The van der Waals surface area contributed by atoms with E-state index < -0.39 is 35.4 Å². The predicted molar refractivity (Wildman–Crippen MR) is 156 cm³/mol. The van der Waals surface area contributed by atoms with Crippen LogP contribution < -0.4 is 24.4 Å². The molecule has 0 spiro atoms. The standard InChI is InChI=1S/C31H32ClF3N2O6/c1-18-13-20(32)6-8-25(18)27(28(38)37-11-9-19-5-7-22(17-26(19)37)43-31(33,34)35)36-21-14-23(41-4)16-24(15-21)42-12-10-30(2,3)29(39)40/h5-8,13-17,27,36H,9-12H2,1-4H3,(H,39,40). The maximum Gasteiger partial charge on any atom is 0.573 e. The molecule has 2 N–H and O–H groups in total. The summed E-state index contributed by atoms with van der Waals surface area (Å²) in [5, 5.41) is 13.1. The van der Waals surface area contributed by atoms with E-state index in [0.29, 0.717) is 39.9 Å². The number of alkyl halides is 3. The Balaban J connectivity index is 1.67. The summed E-state index contributed by atoms with van der Waals surface area (Å²) in [4.78, 5) is 27.1. The summed E-state index contributed by atoms with van der Waals surface area (Å²) >= 11 is 6.19. The summed E-state index contributed by atoms with van der Waals surface area (Å²) in [5.41, 5.74) is 1.87. The van der Waals surface area contributed by atoms with E-state index in [0.717, 1.165) is 11.1 Å². The number of methoxy groups -OCH3 is 1. The lowest BCUT2D eigenvalue weighted by Crippen LogP contribution is -2.37. The second kappa shape index (κ2) is 12.6. The Bertz CT molecular complexity index is 1510. The number of aryl methyl sites for hydroxylation is 1. The molecule has 3 aromatic carbocycles. The van der Waals surface area contributed by atoms with E-state index in [4.69, 9.17) is 21.1 Å². The Morgan fingerprint density at radius 2 is 1.77 bits per heavy atom. The maximum absolute atomic E-state index is 14.2. The first-order valence-electron chi connectivity index (χ1n) is 13.4. The molecule has 0 aliphatic carbocycles. The van der Waals surface area contributed by atoms with Gasteiger partial charge in [0, 0.05) is 41.5 Å². The zero-order valence-corrected chi connectivity index (χ0v) is 24.8. The number of benzene rings is 3. The van der Waals surface area contributed by atoms with E-state index in [1.807, 2.05) is 0 Å². The van der Waals surface area contributed by atoms with Crippen molar-refractivity contribution in [3.8, 4) is 17.2 Å². The number of amides is 1. The molecule has 0 bridgehead atoms. The number of nitrogens with one attached hydrogen (secondary N) is 1. The van der Waals surface area contributed by atoms with Crippen LogP contribution in [-0.2, 0) is 16.0 Å². The second-order valence-corrected chi connectivity index (χ2v) is 11.3. The number of halogens is 4. The van der Waals surface area contributed by atoms with Crippen molar-refractivity contribution in [2.75, 3.05) is 30.5 Å². The van der Waals surface area contributed by atoms with Gasteiger partial charge in [0.05, 0.1) is 24.8 Å². The van der Waals surface area contributed by atoms with Crippen LogP contribution in [0.4, 0.5) is 24.5 Å². The normalized spacial score (nSPS) is 13.7. The van der Waals surface area contributed by atoms with E-state index in [1.54, 1.807) is 57.2 Å². The van der Waals surface area contributed by atoms with Crippen molar-refractivity contribution in [3.05, 3.63) is 76.3 Å². The van der Waals surface area contributed by atoms with Gasteiger partial charge in [0.25, 0.3) is 5.91 Å². The van der Waals surface area contributed by atoms with Crippen molar-refractivity contribution in [1.29, 1.82) is 0 Å². The summed E-state index contributed by atoms with van der Waals surface area (Å²) in [6.07, 6.45) is -4.16. The molecule has 0 radical (unpaired) electrons. The van der Waals surface area contributed by atoms with E-state index in [9.17, 15) is 27.9 Å². The smallest absolute Gasteiger partial charge is 0.497 e. The lowest BCUT2D eigenvalue weighted by molar-refractivity contribution is -0.274. The fourth-order valence-electron chi connectivity index (χ4n) is 4.73. The summed E-state index contributed by atoms with van der Waals surface area (Å²) in [6.45, 7) is 5.41. The fraction of sp³-hybridized carbons (Fsp3) is 0.355. The third kappa shape index (κ3) is 7.84. The van der Waals surface area contributed by atoms with Gasteiger partial charge in [-0.15, -0.1) is 13.2 Å². The number of rotatable bonds is 11. The average Bonchev–Trinajstić information content (AvgIpc) is 3.33. The zero-order valence-electron chi connectivity index (χ0n) is 24.0. The number of carboxylic acid groups (broad SMARTS) is 1. The fourth-order valence-corrected chi connectivity index (χ4v) is 4.96. The SMILES string of the molecule is COc1cc(NC(C(=O)N2CCc3ccc(OC(F)(F)F)cc32)c2ccc(Cl)cc2C)cc(OCCC(C)(C)C(=O)O)c1. The summed E-state index contributed by atoms with van der Waals surface area (Å²) in [7, 11) is 1.48. The second-order valence-electron chi connectivity index (χ2n) is 10.8. The number of ether oxygens (including phenoxy) is 3. The maximum atomic E-state index is 14.2. The van der Waals surface area contributed by atoms with Crippen molar-refractivity contribution in [2.24, 2.45) is 5.41 Å². The van der Waals surface area contributed by atoms with Crippen LogP contribution in [0.1, 0.15) is 43.0 Å².